The molecule has 0 spiro atoms. The predicted octanol–water partition coefficient (Wildman–Crippen LogP) is 3.04. The Labute approximate surface area is 160 Å². The third-order valence-corrected chi connectivity index (χ3v) is 3.95. The maximum Gasteiger partial charge on any atom is 0.343 e. The molecule has 0 aliphatic carbocycles. The van der Waals surface area contributed by atoms with E-state index >= 15 is 0 Å². The molecule has 0 radical (unpaired) electrons. The number of aryl methyl sites for hydroxylation is 1. The average molecular weight is 393 g/mol. The number of carbonyl (C=O) groups excluding carboxylic acids is 3. The largest absolute Gasteiger partial charge is 0.452 e. The van der Waals surface area contributed by atoms with Gasteiger partial charge in [-0.25, -0.2) is 9.18 Å². The Morgan fingerprint density at radius 2 is 1.81 bits per heavy atom. The fraction of sp³-hybridized carbons (Fsp3) is 0.211. The normalized spacial score (nSPS) is 10.2. The first kappa shape index (κ1) is 20.4. The van der Waals surface area contributed by atoms with Crippen LogP contribution < -0.4 is 5.32 Å². The van der Waals surface area contributed by atoms with E-state index in [0.29, 0.717) is 5.69 Å². The number of likely N-dealkylation sites (N-methyl/N-ethyl adjacent to an activating group) is 1. The Kier molecular flexibility index (Phi) is 6.90. The highest BCUT2D eigenvalue weighted by Crippen LogP contribution is 2.19. The van der Waals surface area contributed by atoms with Crippen molar-refractivity contribution in [2.45, 2.75) is 6.92 Å². The highest BCUT2D eigenvalue weighted by Gasteiger charge is 2.20. The summed E-state index contributed by atoms with van der Waals surface area (Å²) in [7, 11) is 1.39. The number of benzene rings is 2. The standard InChI is InChI=1S/C19H18ClFN2O4/c1-12-6-8-13(9-7-12)22-16(24)10-23(2)17(25)11-27-19(26)18-14(20)4-3-5-15(18)21/h3-9H,10-11H2,1-2H3,(H,22,24). The molecule has 2 aromatic carbocycles. The molecule has 0 heterocycles. The number of rotatable bonds is 6. The molecule has 0 fully saturated rings. The van der Waals surface area contributed by atoms with Gasteiger partial charge in [0, 0.05) is 12.7 Å². The molecule has 8 heteroatoms. The van der Waals surface area contributed by atoms with Crippen molar-refractivity contribution in [2.75, 3.05) is 25.5 Å². The van der Waals surface area contributed by atoms with E-state index in [1.807, 2.05) is 19.1 Å². The predicted molar refractivity (Wildman–Crippen MR) is 99.1 cm³/mol. The molecule has 0 aromatic heterocycles. The second-order valence-electron chi connectivity index (χ2n) is 5.84. The van der Waals surface area contributed by atoms with Gasteiger partial charge in [-0.05, 0) is 31.2 Å². The van der Waals surface area contributed by atoms with Crippen LogP contribution in [-0.4, -0.2) is 42.9 Å². The van der Waals surface area contributed by atoms with Gasteiger partial charge in [-0.2, -0.15) is 0 Å². The van der Waals surface area contributed by atoms with Crippen molar-refractivity contribution in [3.8, 4) is 0 Å². The van der Waals surface area contributed by atoms with Crippen LogP contribution in [0.5, 0.6) is 0 Å². The topological polar surface area (TPSA) is 75.7 Å². The van der Waals surface area contributed by atoms with E-state index in [9.17, 15) is 18.8 Å². The van der Waals surface area contributed by atoms with E-state index in [-0.39, 0.29) is 11.6 Å². The van der Waals surface area contributed by atoms with Crippen LogP contribution in [0.15, 0.2) is 42.5 Å². The first-order valence-electron chi connectivity index (χ1n) is 7.99. The van der Waals surface area contributed by atoms with Gasteiger partial charge in [0.05, 0.1) is 11.6 Å². The zero-order valence-corrected chi connectivity index (χ0v) is 15.5. The molecular formula is C19H18ClFN2O4. The number of carbonyl (C=O) groups is 3. The molecule has 2 amide bonds. The lowest BCUT2D eigenvalue weighted by molar-refractivity contribution is -0.136. The molecule has 1 N–H and O–H groups in total. The lowest BCUT2D eigenvalue weighted by Crippen LogP contribution is -2.37. The number of anilines is 1. The van der Waals surface area contributed by atoms with Gasteiger partial charge in [0.2, 0.25) is 5.91 Å². The second kappa shape index (κ2) is 9.14. The van der Waals surface area contributed by atoms with E-state index in [1.54, 1.807) is 12.1 Å². The van der Waals surface area contributed by atoms with Gasteiger partial charge in [0.1, 0.15) is 11.4 Å². The number of hydrogen-bond donors (Lipinski definition) is 1. The van der Waals surface area contributed by atoms with Crippen LogP contribution in [-0.2, 0) is 14.3 Å². The van der Waals surface area contributed by atoms with E-state index in [0.717, 1.165) is 16.5 Å². The third kappa shape index (κ3) is 5.79. The molecule has 0 atom stereocenters. The van der Waals surface area contributed by atoms with Gasteiger partial charge < -0.3 is 15.0 Å². The van der Waals surface area contributed by atoms with Crippen molar-refractivity contribution in [3.63, 3.8) is 0 Å². The zero-order chi connectivity index (χ0) is 20.0. The minimum Gasteiger partial charge on any atom is -0.452 e. The van der Waals surface area contributed by atoms with Crippen LogP contribution in [0, 0.1) is 12.7 Å². The van der Waals surface area contributed by atoms with Gasteiger partial charge in [-0.15, -0.1) is 0 Å². The first-order chi connectivity index (χ1) is 12.8. The lowest BCUT2D eigenvalue weighted by atomic mass is 10.2. The highest BCUT2D eigenvalue weighted by molar-refractivity contribution is 6.33. The number of halogens is 2. The van der Waals surface area contributed by atoms with Crippen molar-refractivity contribution in [3.05, 3.63) is 64.4 Å². The van der Waals surface area contributed by atoms with Crippen LogP contribution in [0.4, 0.5) is 10.1 Å². The van der Waals surface area contributed by atoms with Crippen LogP contribution >= 0.6 is 11.6 Å². The molecule has 2 rings (SSSR count). The van der Waals surface area contributed by atoms with Gasteiger partial charge in [-0.3, -0.25) is 9.59 Å². The Bertz CT molecular complexity index is 835. The minimum atomic E-state index is -1.05. The quantitative estimate of drug-likeness (QED) is 0.767. The maximum atomic E-state index is 13.7. The maximum absolute atomic E-state index is 13.7. The van der Waals surface area contributed by atoms with Crippen molar-refractivity contribution in [2.24, 2.45) is 0 Å². The molecule has 0 saturated carbocycles. The summed E-state index contributed by atoms with van der Waals surface area (Å²) in [5, 5.41) is 2.54. The van der Waals surface area contributed by atoms with Gasteiger partial charge in [-0.1, -0.05) is 35.4 Å². The first-order valence-corrected chi connectivity index (χ1v) is 8.37. The van der Waals surface area contributed by atoms with Gasteiger partial charge in [0.15, 0.2) is 6.61 Å². The molecule has 2 aromatic rings. The molecule has 27 heavy (non-hydrogen) atoms. The van der Waals surface area contributed by atoms with Crippen LogP contribution in [0.1, 0.15) is 15.9 Å². The third-order valence-electron chi connectivity index (χ3n) is 3.64. The molecule has 0 saturated heterocycles. The van der Waals surface area contributed by atoms with Crippen molar-refractivity contribution >= 4 is 35.1 Å². The summed E-state index contributed by atoms with van der Waals surface area (Å²) in [6.45, 7) is 1.05. The highest BCUT2D eigenvalue weighted by atomic mass is 35.5. The summed E-state index contributed by atoms with van der Waals surface area (Å²) in [4.78, 5) is 37.0. The number of hydrogen-bond acceptors (Lipinski definition) is 4. The summed E-state index contributed by atoms with van der Waals surface area (Å²) in [6, 6.07) is 10.9. The Morgan fingerprint density at radius 1 is 1.15 bits per heavy atom. The molecule has 0 aliphatic rings. The molecule has 0 aliphatic heterocycles. The molecule has 142 valence electrons. The Hall–Kier alpha value is -2.93. The molecule has 6 nitrogen and oxygen atoms in total. The fourth-order valence-electron chi connectivity index (χ4n) is 2.14. The summed E-state index contributed by atoms with van der Waals surface area (Å²) in [5.41, 5.74) is 1.22. The Balaban J connectivity index is 1.85. The minimum absolute atomic E-state index is 0.113. The number of ether oxygens (including phenoxy) is 1. The van der Waals surface area contributed by atoms with Crippen molar-refractivity contribution in [1.29, 1.82) is 0 Å². The number of nitrogens with zero attached hydrogens (tertiary/aromatic N) is 1. The van der Waals surface area contributed by atoms with Crippen molar-refractivity contribution < 1.29 is 23.5 Å². The van der Waals surface area contributed by atoms with Crippen molar-refractivity contribution in [1.82, 2.24) is 4.90 Å². The molecule has 0 unspecified atom stereocenters. The monoisotopic (exact) mass is 392 g/mol. The van der Waals surface area contributed by atoms with E-state index in [2.05, 4.69) is 5.32 Å². The smallest absolute Gasteiger partial charge is 0.343 e. The molecule has 0 bridgehead atoms. The zero-order valence-electron chi connectivity index (χ0n) is 14.8. The SMILES string of the molecule is Cc1ccc(NC(=O)CN(C)C(=O)COC(=O)c2c(F)cccc2Cl)cc1. The van der Waals surface area contributed by atoms with Gasteiger partial charge in [0.25, 0.3) is 5.91 Å². The van der Waals surface area contributed by atoms with E-state index in [4.69, 9.17) is 16.3 Å². The number of esters is 1. The lowest BCUT2D eigenvalue weighted by Gasteiger charge is -2.17. The number of amides is 2. The summed E-state index contributed by atoms with van der Waals surface area (Å²) >= 11 is 5.77. The van der Waals surface area contributed by atoms with Crippen LogP contribution in [0.3, 0.4) is 0 Å². The number of nitrogens with one attached hydrogen (secondary N) is 1. The summed E-state index contributed by atoms with van der Waals surface area (Å²) in [5.74, 6) is -2.91. The van der Waals surface area contributed by atoms with Gasteiger partial charge >= 0.3 is 5.97 Å². The second-order valence-corrected chi connectivity index (χ2v) is 6.24. The fourth-order valence-corrected chi connectivity index (χ4v) is 2.38. The summed E-state index contributed by atoms with van der Waals surface area (Å²) in [6.07, 6.45) is 0. The summed E-state index contributed by atoms with van der Waals surface area (Å²) < 4.78 is 18.5. The average Bonchev–Trinajstić information content (AvgIpc) is 2.61. The van der Waals surface area contributed by atoms with E-state index < -0.39 is 35.8 Å². The van der Waals surface area contributed by atoms with E-state index in [1.165, 1.54) is 19.2 Å². The Morgan fingerprint density at radius 3 is 2.44 bits per heavy atom. The van der Waals surface area contributed by atoms with Crippen LogP contribution in [0.2, 0.25) is 5.02 Å². The van der Waals surface area contributed by atoms with Crippen LogP contribution in [0.25, 0.3) is 0 Å². The molecular weight excluding hydrogens is 375 g/mol.